The van der Waals surface area contributed by atoms with Crippen LogP contribution >= 0.6 is 0 Å². The highest BCUT2D eigenvalue weighted by molar-refractivity contribution is 5.80. The maximum Gasteiger partial charge on any atom is 0.193 e. The Kier molecular flexibility index (Phi) is 6.77. The molecule has 1 fully saturated rings. The van der Waals surface area contributed by atoms with Crippen LogP contribution in [0.15, 0.2) is 78.0 Å². The molecule has 1 aliphatic heterocycles. The fraction of sp³-hybridized carbons (Fsp3) is 0.333. The summed E-state index contributed by atoms with van der Waals surface area (Å²) in [5, 5.41) is 8.00. The molecule has 0 atom stereocenters. The minimum absolute atomic E-state index is 0.845. The Morgan fingerprint density at radius 2 is 1.63 bits per heavy atom. The molecule has 0 bridgehead atoms. The molecule has 2 aromatic carbocycles. The van der Waals surface area contributed by atoms with Gasteiger partial charge in [0.2, 0.25) is 0 Å². The zero-order valence-corrected chi connectivity index (χ0v) is 17.6. The SMILES string of the molecule is CN=C(NCCc1cnn(-c2ccccc2)c1)N1CCN(Cc2ccccc2)CC1. The summed E-state index contributed by atoms with van der Waals surface area (Å²) in [4.78, 5) is 9.36. The van der Waals surface area contributed by atoms with Gasteiger partial charge in [0.15, 0.2) is 5.96 Å². The van der Waals surface area contributed by atoms with E-state index in [0.717, 1.165) is 57.3 Å². The fourth-order valence-corrected chi connectivity index (χ4v) is 3.82. The van der Waals surface area contributed by atoms with Crippen molar-refractivity contribution in [3.63, 3.8) is 0 Å². The van der Waals surface area contributed by atoms with E-state index in [1.54, 1.807) is 0 Å². The molecule has 6 nitrogen and oxygen atoms in total. The van der Waals surface area contributed by atoms with Gasteiger partial charge in [0.25, 0.3) is 0 Å². The molecule has 0 spiro atoms. The number of nitrogens with zero attached hydrogens (tertiary/aromatic N) is 5. The summed E-state index contributed by atoms with van der Waals surface area (Å²) in [6, 6.07) is 20.9. The first kappa shape index (κ1) is 20.2. The first-order valence-electron chi connectivity index (χ1n) is 10.6. The van der Waals surface area contributed by atoms with E-state index >= 15 is 0 Å². The number of rotatable bonds is 6. The molecule has 0 unspecified atom stereocenters. The van der Waals surface area contributed by atoms with Gasteiger partial charge in [-0.25, -0.2) is 4.68 Å². The Labute approximate surface area is 178 Å². The van der Waals surface area contributed by atoms with Crippen LogP contribution in [0.25, 0.3) is 5.69 Å². The van der Waals surface area contributed by atoms with Gasteiger partial charge in [-0.1, -0.05) is 48.5 Å². The number of benzene rings is 2. The van der Waals surface area contributed by atoms with Gasteiger partial charge in [0, 0.05) is 52.5 Å². The molecule has 30 heavy (non-hydrogen) atoms. The molecule has 1 aromatic heterocycles. The molecular formula is C24H30N6. The minimum Gasteiger partial charge on any atom is -0.356 e. The van der Waals surface area contributed by atoms with Gasteiger partial charge < -0.3 is 10.2 Å². The van der Waals surface area contributed by atoms with Crippen LogP contribution in [0, 0.1) is 0 Å². The van der Waals surface area contributed by atoms with E-state index in [4.69, 9.17) is 0 Å². The minimum atomic E-state index is 0.845. The topological polar surface area (TPSA) is 48.7 Å². The Morgan fingerprint density at radius 1 is 0.933 bits per heavy atom. The predicted molar refractivity (Wildman–Crippen MR) is 122 cm³/mol. The van der Waals surface area contributed by atoms with E-state index in [2.05, 4.69) is 73.9 Å². The molecule has 0 aliphatic carbocycles. The van der Waals surface area contributed by atoms with Gasteiger partial charge >= 0.3 is 0 Å². The third kappa shape index (κ3) is 5.27. The standard InChI is InChI=1S/C24H30N6/c1-25-24(29-16-14-28(15-17-29)19-21-8-4-2-5-9-21)26-13-12-22-18-27-30(20-22)23-10-6-3-7-11-23/h2-11,18,20H,12-17,19H2,1H3,(H,25,26). The molecule has 1 saturated heterocycles. The van der Waals surface area contributed by atoms with Crippen molar-refractivity contribution < 1.29 is 0 Å². The smallest absolute Gasteiger partial charge is 0.193 e. The van der Waals surface area contributed by atoms with E-state index in [1.165, 1.54) is 11.1 Å². The first-order valence-corrected chi connectivity index (χ1v) is 10.6. The molecule has 2 heterocycles. The average Bonchev–Trinajstić information content (AvgIpc) is 3.28. The van der Waals surface area contributed by atoms with Gasteiger partial charge in [-0.2, -0.15) is 5.10 Å². The molecular weight excluding hydrogens is 372 g/mol. The number of aliphatic imine (C=N–C) groups is 1. The van der Waals surface area contributed by atoms with Crippen molar-refractivity contribution in [2.45, 2.75) is 13.0 Å². The number of nitrogens with one attached hydrogen (secondary N) is 1. The number of para-hydroxylation sites is 1. The van der Waals surface area contributed by atoms with Gasteiger partial charge in [-0.15, -0.1) is 0 Å². The normalized spacial score (nSPS) is 15.4. The van der Waals surface area contributed by atoms with Crippen molar-refractivity contribution in [1.29, 1.82) is 0 Å². The Morgan fingerprint density at radius 3 is 2.33 bits per heavy atom. The summed E-state index contributed by atoms with van der Waals surface area (Å²) >= 11 is 0. The Balaban J connectivity index is 1.22. The molecule has 3 aromatic rings. The quantitative estimate of drug-likeness (QED) is 0.509. The van der Waals surface area contributed by atoms with E-state index in [9.17, 15) is 0 Å². The summed E-state index contributed by atoms with van der Waals surface area (Å²) in [5.74, 6) is 0.991. The van der Waals surface area contributed by atoms with Crippen molar-refractivity contribution >= 4 is 5.96 Å². The molecule has 0 amide bonds. The van der Waals surface area contributed by atoms with Crippen LogP contribution in [-0.4, -0.2) is 65.3 Å². The van der Waals surface area contributed by atoms with E-state index in [0.29, 0.717) is 0 Å². The summed E-state index contributed by atoms with van der Waals surface area (Å²) in [6.45, 7) is 5.97. The maximum atomic E-state index is 4.50. The van der Waals surface area contributed by atoms with Crippen LogP contribution in [0.1, 0.15) is 11.1 Å². The van der Waals surface area contributed by atoms with Gasteiger partial charge in [0.05, 0.1) is 11.9 Å². The molecule has 1 N–H and O–H groups in total. The summed E-state index contributed by atoms with van der Waals surface area (Å²) < 4.78 is 1.93. The highest BCUT2D eigenvalue weighted by atomic mass is 15.3. The van der Waals surface area contributed by atoms with Crippen LogP contribution < -0.4 is 5.32 Å². The molecule has 0 saturated carbocycles. The van der Waals surface area contributed by atoms with E-state index in [1.807, 2.05) is 36.1 Å². The van der Waals surface area contributed by atoms with E-state index < -0.39 is 0 Å². The number of piperazine rings is 1. The maximum absolute atomic E-state index is 4.50. The fourth-order valence-electron chi connectivity index (χ4n) is 3.82. The lowest BCUT2D eigenvalue weighted by Gasteiger charge is -2.36. The second-order valence-electron chi connectivity index (χ2n) is 7.60. The predicted octanol–water partition coefficient (Wildman–Crippen LogP) is 2.81. The molecule has 4 rings (SSSR count). The lowest BCUT2D eigenvalue weighted by molar-refractivity contribution is 0.172. The number of hydrogen-bond donors (Lipinski definition) is 1. The Bertz CT molecular complexity index is 927. The Hall–Kier alpha value is -3.12. The molecule has 1 aliphatic rings. The summed E-state index contributed by atoms with van der Waals surface area (Å²) in [6.07, 6.45) is 4.96. The second kappa shape index (κ2) is 10.1. The molecule has 0 radical (unpaired) electrons. The number of guanidine groups is 1. The highest BCUT2D eigenvalue weighted by Crippen LogP contribution is 2.10. The van der Waals surface area contributed by atoms with Crippen molar-refractivity contribution in [3.8, 4) is 5.69 Å². The van der Waals surface area contributed by atoms with Crippen molar-refractivity contribution in [2.24, 2.45) is 4.99 Å². The lowest BCUT2D eigenvalue weighted by Crippen LogP contribution is -2.52. The third-order valence-corrected chi connectivity index (χ3v) is 5.49. The van der Waals surface area contributed by atoms with Crippen LogP contribution in [0.5, 0.6) is 0 Å². The largest absolute Gasteiger partial charge is 0.356 e. The highest BCUT2D eigenvalue weighted by Gasteiger charge is 2.19. The summed E-state index contributed by atoms with van der Waals surface area (Å²) in [7, 11) is 1.87. The van der Waals surface area contributed by atoms with Crippen LogP contribution in [0.2, 0.25) is 0 Å². The van der Waals surface area contributed by atoms with Crippen molar-refractivity contribution in [2.75, 3.05) is 39.8 Å². The van der Waals surface area contributed by atoms with Crippen molar-refractivity contribution in [1.82, 2.24) is 24.9 Å². The molecule has 6 heteroatoms. The zero-order chi connectivity index (χ0) is 20.6. The monoisotopic (exact) mass is 402 g/mol. The van der Waals surface area contributed by atoms with Crippen LogP contribution in [0.4, 0.5) is 0 Å². The summed E-state index contributed by atoms with van der Waals surface area (Å²) in [5.41, 5.74) is 3.68. The number of hydrogen-bond acceptors (Lipinski definition) is 3. The van der Waals surface area contributed by atoms with Gasteiger partial charge in [0.1, 0.15) is 0 Å². The van der Waals surface area contributed by atoms with Gasteiger partial charge in [-0.3, -0.25) is 9.89 Å². The first-order chi connectivity index (χ1) is 14.8. The van der Waals surface area contributed by atoms with Crippen LogP contribution in [0.3, 0.4) is 0 Å². The van der Waals surface area contributed by atoms with Crippen LogP contribution in [-0.2, 0) is 13.0 Å². The zero-order valence-electron chi connectivity index (χ0n) is 17.6. The lowest BCUT2D eigenvalue weighted by atomic mass is 10.2. The van der Waals surface area contributed by atoms with Gasteiger partial charge in [-0.05, 0) is 29.7 Å². The second-order valence-corrected chi connectivity index (χ2v) is 7.60. The van der Waals surface area contributed by atoms with E-state index in [-0.39, 0.29) is 0 Å². The average molecular weight is 403 g/mol. The molecule has 156 valence electrons. The number of aromatic nitrogens is 2. The third-order valence-electron chi connectivity index (χ3n) is 5.49. The van der Waals surface area contributed by atoms with Crippen molar-refractivity contribution in [3.05, 3.63) is 84.2 Å².